The zero-order valence-corrected chi connectivity index (χ0v) is 22.9. The second kappa shape index (κ2) is 12.1. The van der Waals surface area contributed by atoms with Gasteiger partial charge in [-0.25, -0.2) is 9.18 Å². The van der Waals surface area contributed by atoms with Gasteiger partial charge < -0.3 is 39.0 Å². The van der Waals surface area contributed by atoms with Crippen molar-refractivity contribution < 1.29 is 38.7 Å². The van der Waals surface area contributed by atoms with Crippen LogP contribution in [0.4, 0.5) is 10.1 Å². The normalized spacial score (nSPS) is 23.0. The highest BCUT2D eigenvalue weighted by Crippen LogP contribution is 2.39. The summed E-state index contributed by atoms with van der Waals surface area (Å²) in [5.74, 6) is -1.83. The number of epoxide rings is 1. The second-order valence-corrected chi connectivity index (χ2v) is 11.2. The van der Waals surface area contributed by atoms with Crippen molar-refractivity contribution in [2.75, 3.05) is 64.1 Å². The third-order valence-corrected chi connectivity index (χ3v) is 7.84. The fourth-order valence-corrected chi connectivity index (χ4v) is 5.39. The Labute approximate surface area is 231 Å². The number of aryl methyl sites for hydroxylation is 1. The summed E-state index contributed by atoms with van der Waals surface area (Å²) in [6, 6.07) is 1.78. The summed E-state index contributed by atoms with van der Waals surface area (Å²) in [7, 11) is 0. The van der Waals surface area contributed by atoms with Crippen LogP contribution in [0, 0.1) is 12.7 Å². The van der Waals surface area contributed by atoms with Gasteiger partial charge in [0.2, 0.25) is 5.43 Å². The van der Waals surface area contributed by atoms with Crippen molar-refractivity contribution >= 4 is 22.6 Å². The van der Waals surface area contributed by atoms with Gasteiger partial charge in [-0.15, -0.1) is 0 Å². The van der Waals surface area contributed by atoms with Gasteiger partial charge in [-0.2, -0.15) is 0 Å². The summed E-state index contributed by atoms with van der Waals surface area (Å²) in [5.41, 5.74) is 0.103. The Hall–Kier alpha value is -2.61. The second-order valence-electron chi connectivity index (χ2n) is 11.2. The smallest absolute Gasteiger partial charge is 0.341 e. The van der Waals surface area contributed by atoms with E-state index in [2.05, 4.69) is 4.90 Å². The quantitative estimate of drug-likeness (QED) is 0.304. The van der Waals surface area contributed by atoms with Gasteiger partial charge in [0.05, 0.1) is 55.7 Å². The van der Waals surface area contributed by atoms with E-state index in [4.69, 9.17) is 14.2 Å². The van der Waals surface area contributed by atoms with E-state index in [-0.39, 0.29) is 54.5 Å². The van der Waals surface area contributed by atoms with E-state index in [1.54, 1.807) is 6.07 Å². The number of nitrogens with zero attached hydrogens (tertiary/aromatic N) is 3. The van der Waals surface area contributed by atoms with Gasteiger partial charge >= 0.3 is 5.97 Å². The minimum atomic E-state index is -1.31. The number of β-amino-alcohol motifs (C(OH)–C–C–N with tert-alkyl or cyclic N) is 1. The number of halogens is 1. The minimum absolute atomic E-state index is 0.00227. The topological polar surface area (TPSA) is 137 Å². The molecule has 3 aliphatic rings. The first-order valence-electron chi connectivity index (χ1n) is 13.9. The molecule has 12 heteroatoms. The fraction of sp³-hybridized carbons (Fsp3) is 0.643. The standard InChI is InChI=1S/C28H38FN3O8/c1-16-8-31(6-5-30(16)9-19(33)11-38-12-20(34)13-39-14-21-15-40-21)24-7-23-25(17(2)26(24)29)27(35)22(28(36)37)10-32(23)18-3-4-18/h7,10,16,18-21,33-34H,3-6,8-9,11-15H2,1-2H3,(H,36,37). The van der Waals surface area contributed by atoms with Crippen LogP contribution >= 0.6 is 0 Å². The Morgan fingerprint density at radius 2 is 1.88 bits per heavy atom. The SMILES string of the molecule is Cc1c(F)c(N2CCN(CC(O)COCC(O)COCC3CO3)C(C)C2)cc2c1c(=O)c(C(=O)O)cn2C1CC1. The number of carboxylic acids is 1. The molecule has 3 N–H and O–H groups in total. The van der Waals surface area contributed by atoms with Gasteiger partial charge in [0, 0.05) is 50.0 Å². The van der Waals surface area contributed by atoms with Crippen molar-refractivity contribution in [1.29, 1.82) is 0 Å². The minimum Gasteiger partial charge on any atom is -0.477 e. The highest BCUT2D eigenvalue weighted by atomic mass is 19.1. The van der Waals surface area contributed by atoms with Crippen molar-refractivity contribution in [3.05, 3.63) is 39.4 Å². The lowest BCUT2D eigenvalue weighted by atomic mass is 10.0. The van der Waals surface area contributed by atoms with Crippen LogP contribution in [0.2, 0.25) is 0 Å². The van der Waals surface area contributed by atoms with Crippen molar-refractivity contribution in [3.8, 4) is 0 Å². The number of carboxylic acid groups (broad SMARTS) is 1. The maximum absolute atomic E-state index is 15.7. The van der Waals surface area contributed by atoms with Crippen molar-refractivity contribution in [2.45, 2.75) is 57.1 Å². The number of carbonyl (C=O) groups is 1. The van der Waals surface area contributed by atoms with Crippen LogP contribution in [-0.2, 0) is 14.2 Å². The monoisotopic (exact) mass is 563 g/mol. The maximum Gasteiger partial charge on any atom is 0.341 e. The van der Waals surface area contributed by atoms with Crippen LogP contribution in [-0.4, -0.2) is 114 Å². The predicted molar refractivity (Wildman–Crippen MR) is 145 cm³/mol. The van der Waals surface area contributed by atoms with Crippen LogP contribution in [0.5, 0.6) is 0 Å². The third kappa shape index (κ3) is 6.48. The van der Waals surface area contributed by atoms with Crippen LogP contribution in [0.1, 0.15) is 41.7 Å². The number of pyridine rings is 1. The molecule has 1 aromatic carbocycles. The highest BCUT2D eigenvalue weighted by Gasteiger charge is 2.31. The van der Waals surface area contributed by atoms with Gasteiger partial charge in [-0.05, 0) is 32.8 Å². The van der Waals surface area contributed by atoms with Crippen LogP contribution < -0.4 is 10.3 Å². The Morgan fingerprint density at radius 3 is 2.52 bits per heavy atom. The summed E-state index contributed by atoms with van der Waals surface area (Å²) in [6.45, 7) is 6.97. The molecular weight excluding hydrogens is 525 g/mol. The van der Waals surface area contributed by atoms with E-state index in [1.807, 2.05) is 16.4 Å². The van der Waals surface area contributed by atoms with Crippen LogP contribution in [0.15, 0.2) is 17.1 Å². The van der Waals surface area contributed by atoms with Crippen molar-refractivity contribution in [1.82, 2.24) is 9.47 Å². The Morgan fingerprint density at radius 1 is 1.18 bits per heavy atom. The molecule has 5 rings (SSSR count). The van der Waals surface area contributed by atoms with E-state index in [0.29, 0.717) is 50.6 Å². The number of anilines is 1. The lowest BCUT2D eigenvalue weighted by molar-refractivity contribution is -0.0475. The van der Waals surface area contributed by atoms with E-state index < -0.39 is 29.4 Å². The number of aliphatic hydroxyl groups is 2. The van der Waals surface area contributed by atoms with Gasteiger partial charge in [-0.1, -0.05) is 0 Å². The number of aliphatic hydroxyl groups excluding tert-OH is 2. The number of piperazine rings is 1. The summed E-state index contributed by atoms with van der Waals surface area (Å²) < 4.78 is 33.4. The first-order valence-corrected chi connectivity index (χ1v) is 13.9. The van der Waals surface area contributed by atoms with Crippen molar-refractivity contribution in [3.63, 3.8) is 0 Å². The van der Waals surface area contributed by atoms with Gasteiger partial charge in [-0.3, -0.25) is 9.69 Å². The lowest BCUT2D eigenvalue weighted by Crippen LogP contribution is -2.54. The molecule has 4 atom stereocenters. The predicted octanol–water partition coefficient (Wildman–Crippen LogP) is 1.15. The number of hydrogen-bond acceptors (Lipinski definition) is 9. The molecular formula is C28H38FN3O8. The summed E-state index contributed by atoms with van der Waals surface area (Å²) in [5, 5.41) is 30.1. The fourth-order valence-electron chi connectivity index (χ4n) is 5.39. The molecule has 40 heavy (non-hydrogen) atoms. The third-order valence-electron chi connectivity index (χ3n) is 7.84. The Bertz CT molecular complexity index is 1290. The van der Waals surface area contributed by atoms with E-state index >= 15 is 4.39 Å². The zero-order chi connectivity index (χ0) is 28.6. The zero-order valence-electron chi connectivity index (χ0n) is 22.9. The number of fused-ring (bicyclic) bond motifs is 1. The van der Waals surface area contributed by atoms with E-state index in [9.17, 15) is 24.9 Å². The van der Waals surface area contributed by atoms with Gasteiger partial charge in [0.15, 0.2) is 0 Å². The molecule has 0 radical (unpaired) electrons. The number of ether oxygens (including phenoxy) is 3. The molecule has 2 aromatic rings. The molecule has 0 spiro atoms. The summed E-state index contributed by atoms with van der Waals surface area (Å²) in [4.78, 5) is 28.7. The van der Waals surface area contributed by atoms with Gasteiger partial charge in [0.25, 0.3) is 0 Å². The number of rotatable bonds is 13. The first kappa shape index (κ1) is 28.9. The Balaban J connectivity index is 1.21. The van der Waals surface area contributed by atoms with E-state index in [0.717, 1.165) is 12.8 Å². The van der Waals surface area contributed by atoms with Gasteiger partial charge in [0.1, 0.15) is 23.6 Å². The average molecular weight is 564 g/mol. The molecule has 1 aromatic heterocycles. The van der Waals surface area contributed by atoms with Crippen LogP contribution in [0.25, 0.3) is 10.9 Å². The van der Waals surface area contributed by atoms with Crippen LogP contribution in [0.3, 0.4) is 0 Å². The molecule has 11 nitrogen and oxygen atoms in total. The maximum atomic E-state index is 15.7. The average Bonchev–Trinajstić information content (AvgIpc) is 3.82. The molecule has 0 amide bonds. The Kier molecular flexibility index (Phi) is 8.74. The molecule has 3 fully saturated rings. The first-order chi connectivity index (χ1) is 19.1. The lowest BCUT2D eigenvalue weighted by Gasteiger charge is -2.42. The molecule has 1 aliphatic carbocycles. The highest BCUT2D eigenvalue weighted by molar-refractivity contribution is 5.95. The number of aromatic nitrogens is 1. The van der Waals surface area contributed by atoms with Crippen molar-refractivity contribution in [2.24, 2.45) is 0 Å². The molecule has 3 heterocycles. The summed E-state index contributed by atoms with van der Waals surface area (Å²) >= 11 is 0. The molecule has 4 unspecified atom stereocenters. The molecule has 220 valence electrons. The number of benzene rings is 1. The molecule has 1 saturated carbocycles. The number of hydrogen-bond donors (Lipinski definition) is 3. The summed E-state index contributed by atoms with van der Waals surface area (Å²) in [6.07, 6.45) is 1.76. The molecule has 2 aliphatic heterocycles. The largest absolute Gasteiger partial charge is 0.477 e. The molecule has 2 saturated heterocycles. The molecule has 0 bridgehead atoms. The van der Waals surface area contributed by atoms with E-state index in [1.165, 1.54) is 13.1 Å². The number of aromatic carboxylic acids is 1.